The maximum Gasteiger partial charge on any atom is 0.243 e. The monoisotopic (exact) mass is 406 g/mol. The van der Waals surface area contributed by atoms with E-state index in [0.29, 0.717) is 6.54 Å². The third-order valence-corrected chi connectivity index (χ3v) is 4.83. The van der Waals surface area contributed by atoms with Crippen molar-refractivity contribution >= 4 is 46.1 Å². The van der Waals surface area contributed by atoms with Crippen LogP contribution in [0.4, 0.5) is 14.6 Å². The molecule has 6 nitrogen and oxygen atoms in total. The number of alkyl halides is 1. The summed E-state index contributed by atoms with van der Waals surface area (Å²) in [4.78, 5) is 4.02. The number of fused-ring (bicyclic) bond motifs is 1. The second-order valence-electron chi connectivity index (χ2n) is 5.46. The summed E-state index contributed by atoms with van der Waals surface area (Å²) < 4.78 is 33.6. The molecule has 11 heteroatoms. The van der Waals surface area contributed by atoms with Gasteiger partial charge in [0.2, 0.25) is 5.28 Å². The van der Waals surface area contributed by atoms with E-state index in [9.17, 15) is 8.78 Å². The van der Waals surface area contributed by atoms with E-state index in [2.05, 4.69) is 19.8 Å². The highest BCUT2D eigenvalue weighted by Crippen LogP contribution is 2.31. The number of nitrogens with two attached hydrogens (primary N) is 1. The van der Waals surface area contributed by atoms with Crippen LogP contribution in [0.5, 0.6) is 0 Å². The van der Waals surface area contributed by atoms with Crippen LogP contribution in [0.25, 0.3) is 5.52 Å². The van der Waals surface area contributed by atoms with Crippen molar-refractivity contribution in [2.45, 2.75) is 32.1 Å². The molecule has 2 atom stereocenters. The Morgan fingerprint density at radius 2 is 2.20 bits per heavy atom. The first-order chi connectivity index (χ1) is 11.9. The summed E-state index contributed by atoms with van der Waals surface area (Å²) in [5.74, 6) is -0.487. The lowest BCUT2D eigenvalue weighted by Gasteiger charge is -2.11. The SMILES string of the molecule is C[C@H](F)[C@H](N)Cc1c(F)c2c(NCc3ccsn3)nc(Cl)nn2c1Cl. The van der Waals surface area contributed by atoms with Gasteiger partial charge in [0.1, 0.15) is 16.8 Å². The Hall–Kier alpha value is -1.55. The Morgan fingerprint density at radius 1 is 1.44 bits per heavy atom. The summed E-state index contributed by atoms with van der Waals surface area (Å²) >= 11 is 13.4. The number of nitrogens with zero attached hydrogens (tertiary/aromatic N) is 4. The molecule has 3 rings (SSSR count). The molecule has 0 unspecified atom stereocenters. The molecule has 0 saturated carbocycles. The van der Waals surface area contributed by atoms with Crippen LogP contribution in [-0.4, -0.2) is 31.2 Å². The molecule has 3 aromatic heterocycles. The lowest BCUT2D eigenvalue weighted by molar-refractivity contribution is 0.303. The topological polar surface area (TPSA) is 81.1 Å². The zero-order valence-electron chi connectivity index (χ0n) is 13.0. The Balaban J connectivity index is 2.02. The second kappa shape index (κ2) is 7.36. The summed E-state index contributed by atoms with van der Waals surface area (Å²) in [6, 6.07) is 0.936. The van der Waals surface area contributed by atoms with Crippen molar-refractivity contribution in [3.05, 3.63) is 39.0 Å². The van der Waals surface area contributed by atoms with E-state index in [1.807, 2.05) is 11.4 Å². The van der Waals surface area contributed by atoms with Crippen molar-refractivity contribution in [3.63, 3.8) is 0 Å². The average molecular weight is 407 g/mol. The van der Waals surface area contributed by atoms with Crippen molar-refractivity contribution in [2.75, 3.05) is 5.32 Å². The van der Waals surface area contributed by atoms with Crippen molar-refractivity contribution in [1.29, 1.82) is 0 Å². The summed E-state index contributed by atoms with van der Waals surface area (Å²) in [5, 5.41) is 8.60. The van der Waals surface area contributed by atoms with E-state index in [4.69, 9.17) is 28.9 Å². The van der Waals surface area contributed by atoms with Gasteiger partial charge in [-0.25, -0.2) is 13.3 Å². The fourth-order valence-electron chi connectivity index (χ4n) is 2.30. The summed E-state index contributed by atoms with van der Waals surface area (Å²) in [6.45, 7) is 1.63. The normalized spacial score (nSPS) is 14.0. The molecular formula is C14H14Cl2F2N6S. The number of rotatable bonds is 6. The quantitative estimate of drug-likeness (QED) is 0.654. The first kappa shape index (κ1) is 18.2. The van der Waals surface area contributed by atoms with Gasteiger partial charge in [0, 0.05) is 17.0 Å². The fraction of sp³-hybridized carbons (Fsp3) is 0.357. The first-order valence-electron chi connectivity index (χ1n) is 7.33. The highest BCUT2D eigenvalue weighted by Gasteiger charge is 2.25. The Labute approximate surface area is 156 Å². The lowest BCUT2D eigenvalue weighted by Crippen LogP contribution is -2.32. The number of aromatic nitrogens is 4. The van der Waals surface area contributed by atoms with Gasteiger partial charge in [-0.3, -0.25) is 0 Å². The van der Waals surface area contributed by atoms with Crippen molar-refractivity contribution in [1.82, 2.24) is 19.0 Å². The number of hydrogen-bond donors (Lipinski definition) is 2. The van der Waals surface area contributed by atoms with Gasteiger partial charge >= 0.3 is 0 Å². The zero-order valence-corrected chi connectivity index (χ0v) is 15.3. The molecule has 0 bridgehead atoms. The molecule has 3 aromatic rings. The van der Waals surface area contributed by atoms with Crippen molar-refractivity contribution in [2.24, 2.45) is 5.73 Å². The molecule has 0 spiro atoms. The molecule has 0 aliphatic heterocycles. The van der Waals surface area contributed by atoms with Crippen molar-refractivity contribution in [3.8, 4) is 0 Å². The molecule has 0 amide bonds. The molecule has 3 N–H and O–H groups in total. The number of hydrogen-bond acceptors (Lipinski definition) is 6. The van der Waals surface area contributed by atoms with E-state index in [0.717, 1.165) is 10.2 Å². The van der Waals surface area contributed by atoms with Crippen molar-refractivity contribution < 1.29 is 8.78 Å². The third kappa shape index (κ3) is 3.69. The molecule has 0 aliphatic rings. The van der Waals surface area contributed by atoms with E-state index in [1.165, 1.54) is 18.5 Å². The highest BCUT2D eigenvalue weighted by atomic mass is 35.5. The molecule has 0 fully saturated rings. The van der Waals surface area contributed by atoms with Crippen LogP contribution in [0.2, 0.25) is 10.4 Å². The molecule has 0 aliphatic carbocycles. The molecule has 134 valence electrons. The third-order valence-electron chi connectivity index (χ3n) is 3.69. The van der Waals surface area contributed by atoms with E-state index >= 15 is 0 Å². The molecule has 0 saturated heterocycles. The number of nitrogens with one attached hydrogen (secondary N) is 1. The predicted molar refractivity (Wildman–Crippen MR) is 94.7 cm³/mol. The van der Waals surface area contributed by atoms with Crippen LogP contribution in [0.15, 0.2) is 11.4 Å². The van der Waals surface area contributed by atoms with Crippen LogP contribution in [0.1, 0.15) is 18.2 Å². The summed E-state index contributed by atoms with van der Waals surface area (Å²) in [6.07, 6.45) is -1.38. The molecular weight excluding hydrogens is 393 g/mol. The van der Waals surface area contributed by atoms with Gasteiger partial charge in [-0.2, -0.15) is 9.36 Å². The maximum atomic E-state index is 14.9. The predicted octanol–water partition coefficient (Wildman–Crippen LogP) is 3.47. The van der Waals surface area contributed by atoms with E-state index in [1.54, 1.807) is 0 Å². The van der Waals surface area contributed by atoms with Gasteiger partial charge in [0.25, 0.3) is 0 Å². The number of halogens is 4. The Bertz CT molecular complexity index is 883. The highest BCUT2D eigenvalue weighted by molar-refractivity contribution is 7.03. The minimum absolute atomic E-state index is 0.00962. The largest absolute Gasteiger partial charge is 0.362 e. The second-order valence-corrected chi connectivity index (χ2v) is 6.82. The zero-order chi connectivity index (χ0) is 18.1. The Morgan fingerprint density at radius 3 is 2.84 bits per heavy atom. The average Bonchev–Trinajstić information content (AvgIpc) is 3.15. The number of anilines is 1. The summed E-state index contributed by atoms with van der Waals surface area (Å²) in [5.41, 5.74) is 6.57. The van der Waals surface area contributed by atoms with E-state index in [-0.39, 0.29) is 33.8 Å². The molecule has 3 heterocycles. The van der Waals surface area contributed by atoms with Gasteiger partial charge in [-0.1, -0.05) is 11.6 Å². The lowest BCUT2D eigenvalue weighted by atomic mass is 10.1. The summed E-state index contributed by atoms with van der Waals surface area (Å²) in [7, 11) is 0. The van der Waals surface area contributed by atoms with Gasteiger partial charge in [0.05, 0.1) is 12.2 Å². The maximum absolute atomic E-state index is 14.9. The standard InChI is InChI=1S/C14H14Cl2F2N6S/c1-6(17)9(19)4-8-10(18)11-13(20-5-7-2-3-25-23-7)21-14(16)22-24(11)12(8)15/h2-3,6,9H,4-5,19H2,1H3,(H,20,21,22)/t6-,9+/m0/s1. The minimum atomic E-state index is -1.31. The van der Waals surface area contributed by atoms with Gasteiger partial charge in [-0.05, 0) is 42.5 Å². The first-order valence-corrected chi connectivity index (χ1v) is 8.92. The van der Waals surface area contributed by atoms with Crippen LogP contribution in [0.3, 0.4) is 0 Å². The fourth-order valence-corrected chi connectivity index (χ4v) is 3.28. The smallest absolute Gasteiger partial charge is 0.243 e. The van der Waals surface area contributed by atoms with Gasteiger partial charge in [0.15, 0.2) is 11.6 Å². The van der Waals surface area contributed by atoms with Crippen LogP contribution >= 0.6 is 34.7 Å². The van der Waals surface area contributed by atoms with Crippen LogP contribution < -0.4 is 11.1 Å². The Kier molecular flexibility index (Phi) is 5.38. The van der Waals surface area contributed by atoms with Gasteiger partial charge in [-0.15, -0.1) is 5.10 Å². The minimum Gasteiger partial charge on any atom is -0.362 e. The van der Waals surface area contributed by atoms with Crippen LogP contribution in [0, 0.1) is 5.82 Å². The molecule has 0 aromatic carbocycles. The van der Waals surface area contributed by atoms with Crippen LogP contribution in [-0.2, 0) is 13.0 Å². The molecule has 0 radical (unpaired) electrons. The van der Waals surface area contributed by atoms with E-state index < -0.39 is 18.0 Å². The van der Waals surface area contributed by atoms with Gasteiger partial charge < -0.3 is 11.1 Å². The molecule has 25 heavy (non-hydrogen) atoms.